The highest BCUT2D eigenvalue weighted by Crippen LogP contribution is 2.32. The first-order chi connectivity index (χ1) is 17.9. The molecule has 0 bridgehead atoms. The van der Waals surface area contributed by atoms with Gasteiger partial charge in [-0.1, -0.05) is 44.7 Å². The van der Waals surface area contributed by atoms with E-state index in [1.54, 1.807) is 12.1 Å². The van der Waals surface area contributed by atoms with Gasteiger partial charge in [-0.2, -0.15) is 0 Å². The Morgan fingerprint density at radius 3 is 2.16 bits per heavy atom. The summed E-state index contributed by atoms with van der Waals surface area (Å²) in [6.07, 6.45) is 12.1. The van der Waals surface area contributed by atoms with Gasteiger partial charge in [0.1, 0.15) is 5.75 Å². The fraction of sp³-hybridized carbons (Fsp3) is 0.467. The Hall–Kier alpha value is -3.48. The van der Waals surface area contributed by atoms with E-state index in [1.165, 1.54) is 56.7 Å². The molecule has 0 atom stereocenters. The number of benzene rings is 2. The van der Waals surface area contributed by atoms with E-state index in [-0.39, 0.29) is 13.2 Å². The Labute approximate surface area is 220 Å². The average Bonchev–Trinajstić information content (AvgIpc) is 2.89. The molecule has 1 fully saturated rings. The van der Waals surface area contributed by atoms with Crippen molar-refractivity contribution >= 4 is 29.4 Å². The number of carbonyl (C=O) groups excluding carboxylic acids is 2. The minimum Gasteiger partial charge on any atom is -0.493 e. The number of rotatable bonds is 13. The zero-order valence-electron chi connectivity index (χ0n) is 21.8. The lowest BCUT2D eigenvalue weighted by Gasteiger charge is -2.28. The SMILES string of the molecule is CCCC1CCC(COc2ccc(/C=C/C(=O)OCCCCOC(=O)c3cc(N)cc(N)c3)cc2)CC1. The molecule has 1 saturated carbocycles. The molecule has 3 rings (SSSR count). The maximum atomic E-state index is 12.0. The number of esters is 2. The van der Waals surface area contributed by atoms with Crippen molar-refractivity contribution in [3.05, 3.63) is 59.7 Å². The van der Waals surface area contributed by atoms with Crippen LogP contribution in [0.4, 0.5) is 11.4 Å². The summed E-state index contributed by atoms with van der Waals surface area (Å²) in [4.78, 5) is 24.0. The number of nitrogen functional groups attached to an aromatic ring is 2. The smallest absolute Gasteiger partial charge is 0.338 e. The molecule has 0 spiro atoms. The van der Waals surface area contributed by atoms with Crippen LogP contribution in [-0.4, -0.2) is 31.8 Å². The zero-order chi connectivity index (χ0) is 26.5. The van der Waals surface area contributed by atoms with Gasteiger partial charge in [0, 0.05) is 17.5 Å². The molecule has 37 heavy (non-hydrogen) atoms. The van der Waals surface area contributed by atoms with E-state index in [0.717, 1.165) is 23.8 Å². The van der Waals surface area contributed by atoms with Crippen LogP contribution in [0, 0.1) is 11.8 Å². The number of hydrogen-bond donors (Lipinski definition) is 2. The van der Waals surface area contributed by atoms with Gasteiger partial charge in [-0.15, -0.1) is 0 Å². The average molecular weight is 509 g/mol. The van der Waals surface area contributed by atoms with Crippen molar-refractivity contribution in [1.29, 1.82) is 0 Å². The van der Waals surface area contributed by atoms with E-state index in [9.17, 15) is 9.59 Å². The highest BCUT2D eigenvalue weighted by molar-refractivity contribution is 5.91. The quantitative estimate of drug-likeness (QED) is 0.147. The second kappa shape index (κ2) is 14.9. The third-order valence-electron chi connectivity index (χ3n) is 6.67. The number of hydrogen-bond acceptors (Lipinski definition) is 7. The Kier molecular flexibility index (Phi) is 11.3. The molecule has 200 valence electrons. The van der Waals surface area contributed by atoms with E-state index in [2.05, 4.69) is 6.92 Å². The molecule has 0 saturated heterocycles. The van der Waals surface area contributed by atoms with Crippen LogP contribution in [0.2, 0.25) is 0 Å². The molecule has 2 aromatic rings. The maximum Gasteiger partial charge on any atom is 0.338 e. The maximum absolute atomic E-state index is 12.0. The van der Waals surface area contributed by atoms with Gasteiger partial charge in [0.05, 0.1) is 25.4 Å². The lowest BCUT2D eigenvalue weighted by Crippen LogP contribution is -2.20. The van der Waals surface area contributed by atoms with Gasteiger partial charge in [-0.3, -0.25) is 0 Å². The van der Waals surface area contributed by atoms with Gasteiger partial charge in [-0.05, 0) is 79.5 Å². The molecule has 4 N–H and O–H groups in total. The van der Waals surface area contributed by atoms with Gasteiger partial charge < -0.3 is 25.7 Å². The standard InChI is InChI=1S/C30H40N2O5/c1-2-5-22-6-8-24(9-7-22)21-37-28-13-10-23(11-14-28)12-15-29(33)35-16-3-4-17-36-30(34)25-18-26(31)20-27(32)19-25/h10-15,18-20,22,24H,2-9,16-17,21,31-32H2,1H3/b15-12+. The predicted molar refractivity (Wildman–Crippen MR) is 147 cm³/mol. The highest BCUT2D eigenvalue weighted by atomic mass is 16.5. The molecule has 7 nitrogen and oxygen atoms in total. The number of nitrogens with two attached hydrogens (primary N) is 2. The highest BCUT2D eigenvalue weighted by Gasteiger charge is 2.21. The number of unbranched alkanes of at least 4 members (excludes halogenated alkanes) is 1. The summed E-state index contributed by atoms with van der Waals surface area (Å²) >= 11 is 0. The van der Waals surface area contributed by atoms with Gasteiger partial charge in [0.25, 0.3) is 0 Å². The van der Waals surface area contributed by atoms with Crippen molar-refractivity contribution < 1.29 is 23.8 Å². The van der Waals surface area contributed by atoms with E-state index >= 15 is 0 Å². The lowest BCUT2D eigenvalue weighted by atomic mass is 9.80. The summed E-state index contributed by atoms with van der Waals surface area (Å²) in [7, 11) is 0. The van der Waals surface area contributed by atoms with Gasteiger partial charge >= 0.3 is 11.9 Å². The van der Waals surface area contributed by atoms with Crippen molar-refractivity contribution in [3.8, 4) is 5.75 Å². The molecule has 2 aromatic carbocycles. The molecule has 7 heteroatoms. The first-order valence-electron chi connectivity index (χ1n) is 13.3. The number of anilines is 2. The Balaban J connectivity index is 1.27. The van der Waals surface area contributed by atoms with Crippen molar-refractivity contribution in [2.45, 2.75) is 58.3 Å². The molecular weight excluding hydrogens is 468 g/mol. The van der Waals surface area contributed by atoms with Gasteiger partial charge in [-0.25, -0.2) is 9.59 Å². The normalized spacial score (nSPS) is 17.4. The van der Waals surface area contributed by atoms with Crippen LogP contribution < -0.4 is 16.2 Å². The van der Waals surface area contributed by atoms with E-state index in [0.29, 0.717) is 35.7 Å². The van der Waals surface area contributed by atoms with E-state index in [1.807, 2.05) is 24.3 Å². The predicted octanol–water partition coefficient (Wildman–Crippen LogP) is 6.03. The first-order valence-corrected chi connectivity index (χ1v) is 13.3. The summed E-state index contributed by atoms with van der Waals surface area (Å²) in [5.74, 6) is 1.52. The Bertz CT molecular complexity index is 1010. The molecule has 0 aromatic heterocycles. The van der Waals surface area contributed by atoms with Gasteiger partial charge in [0.15, 0.2) is 0 Å². The third-order valence-corrected chi connectivity index (χ3v) is 6.67. The van der Waals surface area contributed by atoms with Crippen LogP contribution in [0.15, 0.2) is 48.5 Å². The summed E-state index contributed by atoms with van der Waals surface area (Å²) in [5, 5.41) is 0. The summed E-state index contributed by atoms with van der Waals surface area (Å²) in [6.45, 7) is 3.51. The third kappa shape index (κ3) is 10.2. The van der Waals surface area contributed by atoms with Crippen molar-refractivity contribution in [2.24, 2.45) is 11.8 Å². The van der Waals surface area contributed by atoms with Crippen molar-refractivity contribution in [3.63, 3.8) is 0 Å². The van der Waals surface area contributed by atoms with Crippen LogP contribution in [0.5, 0.6) is 5.75 Å². The number of carbonyl (C=O) groups is 2. The molecule has 0 heterocycles. The van der Waals surface area contributed by atoms with Crippen LogP contribution in [-0.2, 0) is 14.3 Å². The molecule has 0 amide bonds. The largest absolute Gasteiger partial charge is 0.493 e. The van der Waals surface area contributed by atoms with E-state index < -0.39 is 11.9 Å². The minimum absolute atomic E-state index is 0.218. The van der Waals surface area contributed by atoms with Crippen LogP contribution in [0.3, 0.4) is 0 Å². The van der Waals surface area contributed by atoms with Crippen molar-refractivity contribution in [2.75, 3.05) is 31.3 Å². The fourth-order valence-corrected chi connectivity index (χ4v) is 4.62. The second-order valence-corrected chi connectivity index (χ2v) is 9.79. The summed E-state index contributed by atoms with van der Waals surface area (Å²) in [5.41, 5.74) is 13.4. The van der Waals surface area contributed by atoms with Crippen molar-refractivity contribution in [1.82, 2.24) is 0 Å². The molecule has 0 aliphatic heterocycles. The topological polar surface area (TPSA) is 114 Å². The molecule has 0 unspecified atom stereocenters. The number of ether oxygens (including phenoxy) is 3. The summed E-state index contributed by atoms with van der Waals surface area (Å²) in [6, 6.07) is 12.4. The molecule has 1 aliphatic carbocycles. The fourth-order valence-electron chi connectivity index (χ4n) is 4.62. The summed E-state index contributed by atoms with van der Waals surface area (Å²) < 4.78 is 16.4. The van der Waals surface area contributed by atoms with Crippen LogP contribution in [0.1, 0.15) is 74.2 Å². The second-order valence-electron chi connectivity index (χ2n) is 9.79. The Morgan fingerprint density at radius 2 is 1.51 bits per heavy atom. The minimum atomic E-state index is -0.482. The van der Waals surface area contributed by atoms with Crippen LogP contribution >= 0.6 is 0 Å². The molecular formula is C30H40N2O5. The zero-order valence-corrected chi connectivity index (χ0v) is 21.8. The lowest BCUT2D eigenvalue weighted by molar-refractivity contribution is -0.137. The Morgan fingerprint density at radius 1 is 0.892 bits per heavy atom. The monoisotopic (exact) mass is 508 g/mol. The van der Waals surface area contributed by atoms with E-state index in [4.69, 9.17) is 25.7 Å². The van der Waals surface area contributed by atoms with Gasteiger partial charge in [0.2, 0.25) is 0 Å². The van der Waals surface area contributed by atoms with Crippen LogP contribution in [0.25, 0.3) is 6.08 Å². The first kappa shape index (κ1) is 28.1. The molecule has 1 aliphatic rings. The molecule has 0 radical (unpaired) electrons.